The standard InChI is InChI=1S/C11H22O/c1-4-7-10(8-5-2)11(12)9-6-3/h10H,4-9H2,1-3H3. The lowest BCUT2D eigenvalue weighted by Crippen LogP contribution is -2.13. The van der Waals surface area contributed by atoms with Crippen molar-refractivity contribution in [3.8, 4) is 0 Å². The fourth-order valence-corrected chi connectivity index (χ4v) is 1.61. The van der Waals surface area contributed by atoms with Crippen LogP contribution in [-0.4, -0.2) is 5.78 Å². The number of hydrogen-bond donors (Lipinski definition) is 0. The van der Waals surface area contributed by atoms with Gasteiger partial charge in [0.15, 0.2) is 0 Å². The Balaban J connectivity index is 3.81. The van der Waals surface area contributed by atoms with E-state index in [4.69, 9.17) is 0 Å². The molecule has 0 saturated heterocycles. The predicted molar refractivity (Wildman–Crippen MR) is 53.2 cm³/mol. The van der Waals surface area contributed by atoms with E-state index in [-0.39, 0.29) is 0 Å². The van der Waals surface area contributed by atoms with Gasteiger partial charge in [0.1, 0.15) is 5.78 Å². The first-order valence-corrected chi connectivity index (χ1v) is 5.28. The van der Waals surface area contributed by atoms with Gasteiger partial charge in [0.05, 0.1) is 0 Å². The van der Waals surface area contributed by atoms with Crippen LogP contribution in [0.1, 0.15) is 59.3 Å². The molecule has 0 fully saturated rings. The number of hydrogen-bond acceptors (Lipinski definition) is 1. The second kappa shape index (κ2) is 7.33. The lowest BCUT2D eigenvalue weighted by Gasteiger charge is -2.12. The summed E-state index contributed by atoms with van der Waals surface area (Å²) in [6.45, 7) is 6.39. The van der Waals surface area contributed by atoms with Gasteiger partial charge in [-0.15, -0.1) is 0 Å². The molecule has 72 valence electrons. The van der Waals surface area contributed by atoms with Gasteiger partial charge in [-0.2, -0.15) is 0 Å². The minimum Gasteiger partial charge on any atom is -0.299 e. The van der Waals surface area contributed by atoms with Crippen molar-refractivity contribution in [2.75, 3.05) is 0 Å². The van der Waals surface area contributed by atoms with E-state index in [0.717, 1.165) is 38.5 Å². The highest BCUT2D eigenvalue weighted by molar-refractivity contribution is 5.80. The number of carbonyl (C=O) groups excluding carboxylic acids is 1. The molecule has 0 heterocycles. The van der Waals surface area contributed by atoms with Crippen molar-refractivity contribution in [2.24, 2.45) is 5.92 Å². The van der Waals surface area contributed by atoms with Gasteiger partial charge in [0.2, 0.25) is 0 Å². The van der Waals surface area contributed by atoms with Crippen molar-refractivity contribution in [1.29, 1.82) is 0 Å². The molecule has 0 aromatic heterocycles. The highest BCUT2D eigenvalue weighted by atomic mass is 16.1. The molecule has 0 aromatic rings. The highest BCUT2D eigenvalue weighted by Crippen LogP contribution is 2.16. The van der Waals surface area contributed by atoms with Crippen molar-refractivity contribution < 1.29 is 4.79 Å². The van der Waals surface area contributed by atoms with E-state index in [2.05, 4.69) is 20.8 Å². The summed E-state index contributed by atoms with van der Waals surface area (Å²) in [5.41, 5.74) is 0. The molecule has 0 aliphatic heterocycles. The molecule has 0 atom stereocenters. The Labute approximate surface area is 76.6 Å². The van der Waals surface area contributed by atoms with Crippen LogP contribution >= 0.6 is 0 Å². The van der Waals surface area contributed by atoms with Gasteiger partial charge >= 0.3 is 0 Å². The van der Waals surface area contributed by atoms with Crippen molar-refractivity contribution in [1.82, 2.24) is 0 Å². The maximum Gasteiger partial charge on any atom is 0.135 e. The zero-order chi connectivity index (χ0) is 9.40. The van der Waals surface area contributed by atoms with Crippen LogP contribution in [0.5, 0.6) is 0 Å². The van der Waals surface area contributed by atoms with E-state index in [9.17, 15) is 4.79 Å². The third-order valence-corrected chi connectivity index (χ3v) is 2.23. The number of carbonyl (C=O) groups is 1. The second-order valence-corrected chi connectivity index (χ2v) is 3.49. The molecule has 0 aliphatic rings. The predicted octanol–water partition coefficient (Wildman–Crippen LogP) is 3.57. The molecule has 0 N–H and O–H groups in total. The maximum atomic E-state index is 11.5. The van der Waals surface area contributed by atoms with Crippen LogP contribution in [0.4, 0.5) is 0 Å². The number of Topliss-reactive ketones (excluding diaryl/α,β-unsaturated/α-hetero) is 1. The average molecular weight is 170 g/mol. The van der Waals surface area contributed by atoms with Crippen LogP contribution in [0.25, 0.3) is 0 Å². The Kier molecular flexibility index (Phi) is 7.12. The van der Waals surface area contributed by atoms with Gasteiger partial charge in [-0.05, 0) is 19.3 Å². The van der Waals surface area contributed by atoms with Gasteiger partial charge in [-0.3, -0.25) is 4.79 Å². The molecule has 1 heteroatoms. The molecular weight excluding hydrogens is 148 g/mol. The summed E-state index contributed by atoms with van der Waals surface area (Å²) < 4.78 is 0. The maximum absolute atomic E-state index is 11.5. The van der Waals surface area contributed by atoms with E-state index in [1.807, 2.05) is 0 Å². The molecule has 0 spiro atoms. The quantitative estimate of drug-likeness (QED) is 0.571. The van der Waals surface area contributed by atoms with E-state index >= 15 is 0 Å². The normalized spacial score (nSPS) is 10.7. The Morgan fingerprint density at radius 1 is 1.00 bits per heavy atom. The average Bonchev–Trinajstić information content (AvgIpc) is 2.04. The molecule has 12 heavy (non-hydrogen) atoms. The summed E-state index contributed by atoms with van der Waals surface area (Å²) in [5.74, 6) is 0.848. The summed E-state index contributed by atoms with van der Waals surface area (Å²) >= 11 is 0. The third kappa shape index (κ3) is 4.53. The lowest BCUT2D eigenvalue weighted by molar-refractivity contribution is -0.123. The third-order valence-electron chi connectivity index (χ3n) is 2.23. The molecule has 0 rings (SSSR count). The Morgan fingerprint density at radius 2 is 1.50 bits per heavy atom. The van der Waals surface area contributed by atoms with Crippen molar-refractivity contribution >= 4 is 5.78 Å². The van der Waals surface area contributed by atoms with Crippen molar-refractivity contribution in [3.63, 3.8) is 0 Å². The number of ketones is 1. The van der Waals surface area contributed by atoms with E-state index in [1.54, 1.807) is 0 Å². The first kappa shape index (κ1) is 11.7. The second-order valence-electron chi connectivity index (χ2n) is 3.49. The fourth-order valence-electron chi connectivity index (χ4n) is 1.61. The minimum atomic E-state index is 0.361. The van der Waals surface area contributed by atoms with Crippen LogP contribution in [0.15, 0.2) is 0 Å². The molecule has 0 amide bonds. The van der Waals surface area contributed by atoms with Gasteiger partial charge in [-0.1, -0.05) is 33.6 Å². The molecule has 0 unspecified atom stereocenters. The Hall–Kier alpha value is -0.330. The minimum absolute atomic E-state index is 0.361. The summed E-state index contributed by atoms with van der Waals surface area (Å²) in [6, 6.07) is 0. The van der Waals surface area contributed by atoms with E-state index < -0.39 is 0 Å². The molecule has 0 aliphatic carbocycles. The van der Waals surface area contributed by atoms with Crippen LogP contribution in [0.2, 0.25) is 0 Å². The summed E-state index contributed by atoms with van der Waals surface area (Å²) in [6.07, 6.45) is 6.24. The molecule has 0 radical (unpaired) electrons. The van der Waals surface area contributed by atoms with Crippen LogP contribution in [-0.2, 0) is 4.79 Å². The zero-order valence-electron chi connectivity index (χ0n) is 8.73. The Bertz CT molecular complexity index is 112. The van der Waals surface area contributed by atoms with Crippen LogP contribution in [0.3, 0.4) is 0 Å². The van der Waals surface area contributed by atoms with E-state index in [1.165, 1.54) is 0 Å². The Morgan fingerprint density at radius 3 is 1.83 bits per heavy atom. The van der Waals surface area contributed by atoms with E-state index in [0.29, 0.717) is 11.7 Å². The monoisotopic (exact) mass is 170 g/mol. The van der Waals surface area contributed by atoms with Crippen molar-refractivity contribution in [2.45, 2.75) is 59.3 Å². The van der Waals surface area contributed by atoms with Gasteiger partial charge in [0, 0.05) is 12.3 Å². The first-order valence-electron chi connectivity index (χ1n) is 5.28. The fraction of sp³-hybridized carbons (Fsp3) is 0.909. The van der Waals surface area contributed by atoms with Gasteiger partial charge in [-0.25, -0.2) is 0 Å². The number of rotatable bonds is 7. The topological polar surface area (TPSA) is 17.1 Å². The summed E-state index contributed by atoms with van der Waals surface area (Å²) in [7, 11) is 0. The molecule has 0 saturated carbocycles. The van der Waals surface area contributed by atoms with Gasteiger partial charge in [0.25, 0.3) is 0 Å². The summed E-state index contributed by atoms with van der Waals surface area (Å²) in [5, 5.41) is 0. The lowest BCUT2D eigenvalue weighted by atomic mass is 9.91. The van der Waals surface area contributed by atoms with Crippen LogP contribution < -0.4 is 0 Å². The largest absolute Gasteiger partial charge is 0.299 e. The van der Waals surface area contributed by atoms with Crippen LogP contribution in [0, 0.1) is 5.92 Å². The van der Waals surface area contributed by atoms with Gasteiger partial charge < -0.3 is 0 Å². The smallest absolute Gasteiger partial charge is 0.135 e. The molecule has 0 bridgehead atoms. The molecular formula is C11H22O. The molecule has 0 aromatic carbocycles. The highest BCUT2D eigenvalue weighted by Gasteiger charge is 2.14. The summed E-state index contributed by atoms with van der Waals surface area (Å²) in [4.78, 5) is 11.5. The SMILES string of the molecule is CCCC(=O)C(CCC)CCC. The first-order chi connectivity index (χ1) is 5.76. The van der Waals surface area contributed by atoms with Crippen molar-refractivity contribution in [3.05, 3.63) is 0 Å². The zero-order valence-corrected chi connectivity index (χ0v) is 8.73. The molecule has 1 nitrogen and oxygen atoms in total.